The third-order valence-electron chi connectivity index (χ3n) is 0.715. The first-order valence-electron chi connectivity index (χ1n) is 4.15. The molecule has 0 saturated heterocycles. The van der Waals surface area contributed by atoms with Crippen LogP contribution in [0.2, 0.25) is 0 Å². The van der Waals surface area contributed by atoms with Gasteiger partial charge in [-0.3, -0.25) is 0 Å². The lowest BCUT2D eigenvalue weighted by molar-refractivity contribution is 1.24. The van der Waals surface area contributed by atoms with Gasteiger partial charge in [-0.15, -0.1) is 11.3 Å². The van der Waals surface area contributed by atoms with Gasteiger partial charge < -0.3 is 0 Å². The lowest BCUT2D eigenvalue weighted by atomic mass is 10.6. The summed E-state index contributed by atoms with van der Waals surface area (Å²) < 4.78 is 0. The minimum atomic E-state index is 0.544. The summed E-state index contributed by atoms with van der Waals surface area (Å²) in [4.78, 5) is 3.89. The number of hydrogen-bond donors (Lipinski definition) is 0. The van der Waals surface area contributed by atoms with Crippen LogP contribution in [0, 0.1) is 18.3 Å². The highest BCUT2D eigenvalue weighted by Crippen LogP contribution is 2.05. The van der Waals surface area contributed by atoms with Gasteiger partial charge in [0.1, 0.15) is 6.07 Å². The van der Waals surface area contributed by atoms with Crippen LogP contribution in [-0.2, 0) is 0 Å². The molecule has 1 aromatic heterocycles. The largest absolute Gasteiger partial charge is 0.231 e. The molecule has 0 amide bonds. The molecule has 1 aromatic rings. The minimum absolute atomic E-state index is 0.544. The van der Waals surface area contributed by atoms with E-state index in [-0.39, 0.29) is 0 Å². The van der Waals surface area contributed by atoms with Crippen LogP contribution in [0.3, 0.4) is 0 Å². The van der Waals surface area contributed by atoms with Crippen LogP contribution in [0.4, 0.5) is 0 Å². The van der Waals surface area contributed by atoms with Crippen molar-refractivity contribution in [3.05, 3.63) is 16.1 Å². The molecule has 0 aliphatic carbocycles. The SMILES string of the molecule is CC.CC.Cc1csc(C#N)n1. The summed E-state index contributed by atoms with van der Waals surface area (Å²) in [5.41, 5.74) is 0.923. The molecule has 0 radical (unpaired) electrons. The first-order valence-corrected chi connectivity index (χ1v) is 5.03. The first kappa shape index (κ1) is 13.7. The van der Waals surface area contributed by atoms with Crippen LogP contribution in [0.5, 0.6) is 0 Å². The van der Waals surface area contributed by atoms with E-state index in [2.05, 4.69) is 4.98 Å². The molecule has 2 nitrogen and oxygen atoms in total. The fraction of sp³-hybridized carbons (Fsp3) is 0.556. The number of nitriles is 1. The molecular weight excluding hydrogens is 168 g/mol. The van der Waals surface area contributed by atoms with E-state index in [1.54, 1.807) is 0 Å². The van der Waals surface area contributed by atoms with Crippen molar-refractivity contribution in [1.29, 1.82) is 5.26 Å². The standard InChI is InChI=1S/C5H4N2S.2C2H6/c1-4-3-8-5(2-6)7-4;2*1-2/h3H,1H3;2*1-2H3. The van der Waals surface area contributed by atoms with Gasteiger partial charge in [0.05, 0.1) is 0 Å². The van der Waals surface area contributed by atoms with Gasteiger partial charge in [0.2, 0.25) is 0 Å². The highest BCUT2D eigenvalue weighted by molar-refractivity contribution is 7.10. The van der Waals surface area contributed by atoms with Gasteiger partial charge >= 0.3 is 0 Å². The normalized spacial score (nSPS) is 6.67. The minimum Gasteiger partial charge on any atom is -0.231 e. The Kier molecular flexibility index (Phi) is 11.5. The molecule has 12 heavy (non-hydrogen) atoms. The van der Waals surface area contributed by atoms with Gasteiger partial charge in [0, 0.05) is 11.1 Å². The van der Waals surface area contributed by atoms with E-state index in [1.165, 1.54) is 11.3 Å². The van der Waals surface area contributed by atoms with Crippen molar-refractivity contribution in [2.75, 3.05) is 0 Å². The second-order valence-corrected chi connectivity index (χ2v) is 2.26. The molecule has 0 aromatic carbocycles. The average Bonchev–Trinajstić information content (AvgIpc) is 2.58. The van der Waals surface area contributed by atoms with E-state index in [1.807, 2.05) is 46.1 Å². The number of aromatic nitrogens is 1. The molecule has 0 spiro atoms. The van der Waals surface area contributed by atoms with E-state index in [4.69, 9.17) is 5.26 Å². The summed E-state index contributed by atoms with van der Waals surface area (Å²) in [5, 5.41) is 10.7. The van der Waals surface area contributed by atoms with Crippen molar-refractivity contribution < 1.29 is 0 Å². The molecule has 0 aliphatic heterocycles. The number of aryl methyl sites for hydroxylation is 1. The third kappa shape index (κ3) is 5.87. The van der Waals surface area contributed by atoms with E-state index < -0.39 is 0 Å². The molecule has 0 saturated carbocycles. The van der Waals surface area contributed by atoms with Gasteiger partial charge in [-0.1, -0.05) is 27.7 Å². The Labute approximate surface area is 78.9 Å². The lowest BCUT2D eigenvalue weighted by Crippen LogP contribution is -1.69. The van der Waals surface area contributed by atoms with Crippen molar-refractivity contribution in [2.24, 2.45) is 0 Å². The highest BCUT2D eigenvalue weighted by Gasteiger charge is 1.91. The van der Waals surface area contributed by atoms with Crippen LogP contribution in [-0.4, -0.2) is 4.98 Å². The van der Waals surface area contributed by atoms with Crippen molar-refractivity contribution in [3.63, 3.8) is 0 Å². The molecule has 0 N–H and O–H groups in total. The molecular formula is C9H16N2S. The topological polar surface area (TPSA) is 36.7 Å². The zero-order valence-corrected chi connectivity index (χ0v) is 9.20. The zero-order valence-electron chi connectivity index (χ0n) is 8.38. The predicted molar refractivity (Wildman–Crippen MR) is 54.3 cm³/mol. The smallest absolute Gasteiger partial charge is 0.194 e. The molecule has 0 bridgehead atoms. The Hall–Kier alpha value is -0.880. The molecule has 0 fully saturated rings. The van der Waals surface area contributed by atoms with Crippen molar-refractivity contribution in [3.8, 4) is 6.07 Å². The lowest BCUT2D eigenvalue weighted by Gasteiger charge is -1.68. The van der Waals surface area contributed by atoms with Gasteiger partial charge in [0.25, 0.3) is 0 Å². The van der Waals surface area contributed by atoms with Crippen LogP contribution >= 0.6 is 11.3 Å². The van der Waals surface area contributed by atoms with E-state index >= 15 is 0 Å². The maximum absolute atomic E-state index is 8.25. The maximum atomic E-state index is 8.25. The maximum Gasteiger partial charge on any atom is 0.194 e. The predicted octanol–water partition coefficient (Wildman–Crippen LogP) is 3.38. The summed E-state index contributed by atoms with van der Waals surface area (Å²) in [5.74, 6) is 0. The van der Waals surface area contributed by atoms with Crippen molar-refractivity contribution in [1.82, 2.24) is 4.98 Å². The summed E-state index contributed by atoms with van der Waals surface area (Å²) in [6.45, 7) is 9.87. The first-order chi connectivity index (χ1) is 5.83. The Morgan fingerprint density at radius 1 is 1.33 bits per heavy atom. The van der Waals surface area contributed by atoms with Crippen LogP contribution < -0.4 is 0 Å². The summed E-state index contributed by atoms with van der Waals surface area (Å²) in [6.07, 6.45) is 0. The molecule has 0 aliphatic rings. The molecule has 0 unspecified atom stereocenters. The second kappa shape index (κ2) is 10.1. The molecule has 1 rings (SSSR count). The highest BCUT2D eigenvalue weighted by atomic mass is 32.1. The monoisotopic (exact) mass is 184 g/mol. The molecule has 0 atom stereocenters. The fourth-order valence-electron chi connectivity index (χ4n) is 0.405. The third-order valence-corrected chi connectivity index (χ3v) is 1.58. The number of nitrogens with zero attached hydrogens (tertiary/aromatic N) is 2. The zero-order chi connectivity index (χ0) is 9.98. The summed E-state index contributed by atoms with van der Waals surface area (Å²) in [7, 11) is 0. The van der Waals surface area contributed by atoms with E-state index in [0.717, 1.165) is 5.69 Å². The number of rotatable bonds is 0. The van der Waals surface area contributed by atoms with Crippen molar-refractivity contribution in [2.45, 2.75) is 34.6 Å². The Morgan fingerprint density at radius 3 is 2.00 bits per heavy atom. The molecule has 68 valence electrons. The van der Waals surface area contributed by atoms with E-state index in [9.17, 15) is 0 Å². The number of thiazole rings is 1. The van der Waals surface area contributed by atoms with Gasteiger partial charge in [-0.25, -0.2) is 4.98 Å². The van der Waals surface area contributed by atoms with Gasteiger partial charge in [-0.05, 0) is 6.92 Å². The van der Waals surface area contributed by atoms with E-state index in [0.29, 0.717) is 5.01 Å². The fourth-order valence-corrected chi connectivity index (χ4v) is 0.990. The summed E-state index contributed by atoms with van der Waals surface area (Å²) in [6, 6.07) is 1.96. The Bertz CT molecular complexity index is 223. The summed E-state index contributed by atoms with van der Waals surface area (Å²) >= 11 is 1.38. The molecule has 3 heteroatoms. The Morgan fingerprint density at radius 2 is 1.83 bits per heavy atom. The van der Waals surface area contributed by atoms with Gasteiger partial charge in [0.15, 0.2) is 5.01 Å². The van der Waals surface area contributed by atoms with Gasteiger partial charge in [-0.2, -0.15) is 5.26 Å². The Balaban J connectivity index is 0. The van der Waals surface area contributed by atoms with Crippen LogP contribution in [0.1, 0.15) is 38.4 Å². The molecule has 1 heterocycles. The van der Waals surface area contributed by atoms with Crippen LogP contribution in [0.15, 0.2) is 5.38 Å². The second-order valence-electron chi connectivity index (χ2n) is 1.41. The van der Waals surface area contributed by atoms with Crippen LogP contribution in [0.25, 0.3) is 0 Å². The number of hydrogen-bond acceptors (Lipinski definition) is 3. The average molecular weight is 184 g/mol. The van der Waals surface area contributed by atoms with Crippen molar-refractivity contribution >= 4 is 11.3 Å². The quantitative estimate of drug-likeness (QED) is 0.619.